The molecule has 136 valence electrons. The topological polar surface area (TPSA) is 62.2 Å². The summed E-state index contributed by atoms with van der Waals surface area (Å²) in [5.74, 6) is 2.67. The van der Waals surface area contributed by atoms with Gasteiger partial charge in [0, 0.05) is 35.6 Å². The van der Waals surface area contributed by atoms with Crippen molar-refractivity contribution < 1.29 is 0 Å². The average molecular weight is 357 g/mol. The molecule has 1 aromatic carbocycles. The lowest BCUT2D eigenvalue weighted by Gasteiger charge is -2.14. The molecule has 5 rings (SSSR count). The monoisotopic (exact) mass is 357 g/mol. The molecule has 1 saturated carbocycles. The van der Waals surface area contributed by atoms with Crippen LogP contribution in [0, 0.1) is 5.92 Å². The Labute approximate surface area is 159 Å². The number of rotatable bonds is 4. The molecule has 1 fully saturated rings. The maximum absolute atomic E-state index is 4.59. The molecule has 0 atom stereocenters. The van der Waals surface area contributed by atoms with Crippen molar-refractivity contribution in [2.24, 2.45) is 10.9 Å². The molecule has 0 spiro atoms. The van der Waals surface area contributed by atoms with Gasteiger partial charge in [-0.2, -0.15) is 0 Å². The maximum atomic E-state index is 4.59. The van der Waals surface area contributed by atoms with Crippen LogP contribution in [0.25, 0.3) is 10.8 Å². The molecule has 5 heteroatoms. The molecule has 27 heavy (non-hydrogen) atoms. The summed E-state index contributed by atoms with van der Waals surface area (Å²) in [4.78, 5) is 13.6. The van der Waals surface area contributed by atoms with Gasteiger partial charge in [-0.1, -0.05) is 12.8 Å². The van der Waals surface area contributed by atoms with E-state index < -0.39 is 0 Å². The Hall–Kier alpha value is -2.95. The van der Waals surface area contributed by atoms with Gasteiger partial charge >= 0.3 is 0 Å². The number of hydrogen-bond donors (Lipinski definition) is 2. The number of fused-ring (bicyclic) bond motifs is 2. The fourth-order valence-electron chi connectivity index (χ4n) is 4.11. The van der Waals surface area contributed by atoms with Gasteiger partial charge in [-0.15, -0.1) is 0 Å². The number of aromatic nitrogens is 2. The molecule has 2 N–H and O–H groups in total. The highest BCUT2D eigenvalue weighted by Gasteiger charge is 2.17. The summed E-state index contributed by atoms with van der Waals surface area (Å²) in [5.41, 5.74) is 3.15. The van der Waals surface area contributed by atoms with Gasteiger partial charge in [-0.3, -0.25) is 9.98 Å². The highest BCUT2D eigenvalue weighted by atomic mass is 15.0. The largest absolute Gasteiger partial charge is 0.369 e. The molecular weight excluding hydrogens is 334 g/mol. The van der Waals surface area contributed by atoms with Crippen LogP contribution in [0.2, 0.25) is 0 Å². The summed E-state index contributed by atoms with van der Waals surface area (Å²) in [6.45, 7) is 1.66. The van der Waals surface area contributed by atoms with Crippen molar-refractivity contribution in [2.75, 3.05) is 17.2 Å². The third-order valence-corrected chi connectivity index (χ3v) is 5.59. The van der Waals surface area contributed by atoms with Crippen LogP contribution < -0.4 is 10.6 Å². The number of nitrogens with zero attached hydrogens (tertiary/aromatic N) is 3. The van der Waals surface area contributed by atoms with Crippen LogP contribution in [0.5, 0.6) is 0 Å². The lowest BCUT2D eigenvalue weighted by atomic mass is 10.1. The fraction of sp³-hybridized carbons (Fsp3) is 0.318. The molecule has 2 aromatic heterocycles. The number of anilines is 2. The van der Waals surface area contributed by atoms with Crippen LogP contribution in [0.15, 0.2) is 53.8 Å². The highest BCUT2D eigenvalue weighted by Crippen LogP contribution is 2.28. The normalized spacial score (nSPS) is 16.4. The first-order valence-electron chi connectivity index (χ1n) is 9.75. The first-order valence-corrected chi connectivity index (χ1v) is 9.75. The molecule has 3 heterocycles. The Bertz CT molecular complexity index is 1000. The minimum atomic E-state index is 0.644. The third-order valence-electron chi connectivity index (χ3n) is 5.59. The number of hydrogen-bond acceptors (Lipinski definition) is 5. The summed E-state index contributed by atoms with van der Waals surface area (Å²) in [5, 5.41) is 9.36. The van der Waals surface area contributed by atoms with Crippen molar-refractivity contribution in [1.82, 2.24) is 9.97 Å². The van der Waals surface area contributed by atoms with Crippen LogP contribution in [0.4, 0.5) is 11.5 Å². The van der Waals surface area contributed by atoms with Crippen LogP contribution in [-0.4, -0.2) is 22.3 Å². The van der Waals surface area contributed by atoms with E-state index in [0.29, 0.717) is 6.54 Å². The Morgan fingerprint density at radius 2 is 1.93 bits per heavy atom. The van der Waals surface area contributed by atoms with Crippen LogP contribution in [0.1, 0.15) is 36.9 Å². The van der Waals surface area contributed by atoms with Crippen LogP contribution in [0.3, 0.4) is 0 Å². The van der Waals surface area contributed by atoms with Gasteiger partial charge in [0.05, 0.1) is 12.2 Å². The Balaban J connectivity index is 1.36. The summed E-state index contributed by atoms with van der Waals surface area (Å²) >= 11 is 0. The number of pyridine rings is 2. The fourth-order valence-corrected chi connectivity index (χ4v) is 4.11. The summed E-state index contributed by atoms with van der Waals surface area (Å²) in [6, 6.07) is 12.5. The molecule has 2 aliphatic rings. The van der Waals surface area contributed by atoms with Gasteiger partial charge in [-0.25, -0.2) is 4.98 Å². The minimum absolute atomic E-state index is 0.644. The molecule has 0 radical (unpaired) electrons. The van der Waals surface area contributed by atoms with Crippen molar-refractivity contribution in [2.45, 2.75) is 32.2 Å². The highest BCUT2D eigenvalue weighted by molar-refractivity contribution is 6.11. The molecule has 0 unspecified atom stereocenters. The Kier molecular flexibility index (Phi) is 4.20. The average Bonchev–Trinajstić information content (AvgIpc) is 3.36. The molecule has 1 aliphatic heterocycles. The Morgan fingerprint density at radius 1 is 1.00 bits per heavy atom. The second kappa shape index (κ2) is 6.99. The predicted octanol–water partition coefficient (Wildman–Crippen LogP) is 4.60. The van der Waals surface area contributed by atoms with Gasteiger partial charge in [-0.05, 0) is 60.5 Å². The molecular formula is C22H23N5. The van der Waals surface area contributed by atoms with Crippen molar-refractivity contribution in [3.63, 3.8) is 0 Å². The zero-order chi connectivity index (χ0) is 18.1. The standard InChI is InChI=1S/C22H23N5/c1-2-5-15(4-1)13-25-21-18-8-7-17(12-16(18)9-11-24-21)27-22-19-6-3-10-23-20(19)14-26-22/h3,6-12,15H,1-2,4-5,13-14H2,(H,24,25)(H,26,27). The van der Waals surface area contributed by atoms with Crippen LogP contribution in [-0.2, 0) is 6.54 Å². The molecule has 1 aliphatic carbocycles. The summed E-state index contributed by atoms with van der Waals surface area (Å²) in [7, 11) is 0. The van der Waals surface area contributed by atoms with E-state index in [9.17, 15) is 0 Å². The molecule has 0 bridgehead atoms. The van der Waals surface area contributed by atoms with E-state index in [1.54, 1.807) is 0 Å². The SMILES string of the molecule is c1cnc2c(c1)C(Nc1ccc3c(NCC4CCCC4)nccc3c1)=NC2. The lowest BCUT2D eigenvalue weighted by Crippen LogP contribution is -2.12. The second-order valence-corrected chi connectivity index (χ2v) is 7.41. The quantitative estimate of drug-likeness (QED) is 0.716. The predicted molar refractivity (Wildman–Crippen MR) is 110 cm³/mol. The van der Waals surface area contributed by atoms with Crippen molar-refractivity contribution in [1.29, 1.82) is 0 Å². The molecule has 0 saturated heterocycles. The van der Waals surface area contributed by atoms with Gasteiger partial charge in [0.1, 0.15) is 11.7 Å². The zero-order valence-corrected chi connectivity index (χ0v) is 15.3. The zero-order valence-electron chi connectivity index (χ0n) is 15.3. The van der Waals surface area contributed by atoms with Gasteiger partial charge < -0.3 is 10.6 Å². The smallest absolute Gasteiger partial charge is 0.135 e. The van der Waals surface area contributed by atoms with Crippen molar-refractivity contribution in [3.8, 4) is 0 Å². The molecule has 5 nitrogen and oxygen atoms in total. The van der Waals surface area contributed by atoms with E-state index in [0.717, 1.165) is 46.4 Å². The van der Waals surface area contributed by atoms with Crippen LogP contribution >= 0.6 is 0 Å². The molecule has 3 aromatic rings. The second-order valence-electron chi connectivity index (χ2n) is 7.41. The maximum Gasteiger partial charge on any atom is 0.135 e. The van der Waals surface area contributed by atoms with E-state index in [1.165, 1.54) is 31.1 Å². The van der Waals surface area contributed by atoms with Gasteiger partial charge in [0.15, 0.2) is 0 Å². The number of benzene rings is 1. The number of nitrogens with one attached hydrogen (secondary N) is 2. The van der Waals surface area contributed by atoms with E-state index in [4.69, 9.17) is 0 Å². The number of amidine groups is 1. The molecule has 0 amide bonds. The van der Waals surface area contributed by atoms with Crippen molar-refractivity contribution in [3.05, 3.63) is 60.0 Å². The first-order chi connectivity index (χ1) is 13.4. The van der Waals surface area contributed by atoms with E-state index in [2.05, 4.69) is 55.9 Å². The van der Waals surface area contributed by atoms with Gasteiger partial charge in [0.2, 0.25) is 0 Å². The van der Waals surface area contributed by atoms with E-state index in [1.807, 2.05) is 18.5 Å². The Morgan fingerprint density at radius 3 is 2.85 bits per heavy atom. The van der Waals surface area contributed by atoms with Crippen molar-refractivity contribution >= 4 is 28.1 Å². The first kappa shape index (κ1) is 16.2. The third kappa shape index (κ3) is 3.25. The minimum Gasteiger partial charge on any atom is -0.369 e. The van der Waals surface area contributed by atoms with E-state index in [-0.39, 0.29) is 0 Å². The number of aliphatic imine (C=N–C) groups is 1. The lowest BCUT2D eigenvalue weighted by molar-refractivity contribution is 0.579. The summed E-state index contributed by atoms with van der Waals surface area (Å²) in [6.07, 6.45) is 9.12. The summed E-state index contributed by atoms with van der Waals surface area (Å²) < 4.78 is 0. The van der Waals surface area contributed by atoms with Gasteiger partial charge in [0.25, 0.3) is 0 Å². The van der Waals surface area contributed by atoms with E-state index >= 15 is 0 Å².